The molecule has 3 N–H and O–H groups in total. The quantitative estimate of drug-likeness (QED) is 0.263. The molecule has 5 heterocycles. The molecule has 14 nitrogen and oxygen atoms in total. The number of aliphatic hydroxyl groups is 1. The van der Waals surface area contributed by atoms with E-state index in [1.165, 1.54) is 19.3 Å². The lowest BCUT2D eigenvalue weighted by atomic mass is 10.1. The number of rotatable bonds is 13. The highest BCUT2D eigenvalue weighted by Gasteiger charge is 2.50. The molecular formula is C26H39N9O5. The zero-order chi connectivity index (χ0) is 28.1. The second kappa shape index (κ2) is 12.9. The first-order chi connectivity index (χ1) is 19.6. The number of carbonyl (C=O) groups excluding carboxylic acids is 1. The van der Waals surface area contributed by atoms with Gasteiger partial charge in [-0.05, 0) is 38.8 Å². The standard InChI is InChI=1S/C26H39N9O5/c1-4-16(5-2)29-22-18-23(32-26(31-22)27-10-13-34-11-8-7-9-12-34)35(14-28-18)25-19(37)20(38-15-36)21(39-25)24-30-17(6-3)33-40-24/h14-16,19-21,25,37H,4-13H2,1-3H3,(H2,27,29,31,32)/t19-,20+,21+,25-/m1/s1. The molecule has 3 aromatic rings. The fourth-order valence-corrected chi connectivity index (χ4v) is 5.30. The molecule has 2 aliphatic heterocycles. The van der Waals surface area contributed by atoms with E-state index in [1.54, 1.807) is 10.9 Å². The van der Waals surface area contributed by atoms with Gasteiger partial charge in [0.25, 0.3) is 12.4 Å². The fraction of sp³-hybridized carbons (Fsp3) is 0.692. The Morgan fingerprint density at radius 2 is 1.98 bits per heavy atom. The SMILES string of the molecule is CCc1noc([C@H]2O[C@@H](n3cnc4c(NC(CC)CC)nc(NCCN5CCCCC5)nc43)[C@H](O)[C@@H]2OC=O)n1. The van der Waals surface area contributed by atoms with Crippen LogP contribution in [0, 0.1) is 0 Å². The molecule has 5 rings (SSSR count). The summed E-state index contributed by atoms with van der Waals surface area (Å²) < 4.78 is 18.4. The Labute approximate surface area is 232 Å². The average Bonchev–Trinajstić information content (AvgIpc) is 3.70. The van der Waals surface area contributed by atoms with Crippen LogP contribution in [0.2, 0.25) is 0 Å². The van der Waals surface area contributed by atoms with Crippen molar-refractivity contribution in [1.82, 2.24) is 34.6 Å². The smallest absolute Gasteiger partial charge is 0.293 e. The van der Waals surface area contributed by atoms with Crippen molar-refractivity contribution < 1.29 is 23.9 Å². The normalized spacial score (nSPS) is 23.6. The Morgan fingerprint density at radius 1 is 1.18 bits per heavy atom. The third-order valence-corrected chi connectivity index (χ3v) is 7.65. The van der Waals surface area contributed by atoms with Crippen molar-refractivity contribution in [2.24, 2.45) is 0 Å². The Balaban J connectivity index is 1.45. The van der Waals surface area contributed by atoms with E-state index in [-0.39, 0.29) is 18.4 Å². The molecule has 0 unspecified atom stereocenters. The summed E-state index contributed by atoms with van der Waals surface area (Å²) in [5.41, 5.74) is 1.02. The topological polar surface area (TPSA) is 166 Å². The number of hydrogen-bond donors (Lipinski definition) is 3. The van der Waals surface area contributed by atoms with Crippen molar-refractivity contribution in [3.05, 3.63) is 18.0 Å². The molecule has 0 radical (unpaired) electrons. The first-order valence-electron chi connectivity index (χ1n) is 14.3. The van der Waals surface area contributed by atoms with Crippen LogP contribution in [0.3, 0.4) is 0 Å². The maximum atomic E-state index is 11.3. The maximum Gasteiger partial charge on any atom is 0.293 e. The fourth-order valence-electron chi connectivity index (χ4n) is 5.30. The van der Waals surface area contributed by atoms with Crippen LogP contribution in [-0.2, 0) is 20.7 Å². The van der Waals surface area contributed by atoms with Crippen LogP contribution in [0.4, 0.5) is 11.8 Å². The molecule has 4 atom stereocenters. The Morgan fingerprint density at radius 3 is 2.67 bits per heavy atom. The summed E-state index contributed by atoms with van der Waals surface area (Å²) in [6.07, 6.45) is 3.46. The predicted molar refractivity (Wildman–Crippen MR) is 146 cm³/mol. The van der Waals surface area contributed by atoms with Gasteiger partial charge in [0.2, 0.25) is 5.95 Å². The Bertz CT molecular complexity index is 1260. The van der Waals surface area contributed by atoms with E-state index in [4.69, 9.17) is 24.0 Å². The molecule has 3 aromatic heterocycles. The number of imidazole rings is 1. The van der Waals surface area contributed by atoms with E-state index in [1.807, 2.05) is 6.92 Å². The van der Waals surface area contributed by atoms with Crippen LogP contribution in [-0.4, -0.2) is 90.6 Å². The lowest BCUT2D eigenvalue weighted by Gasteiger charge is -2.26. The first-order valence-corrected chi connectivity index (χ1v) is 14.3. The molecule has 218 valence electrons. The summed E-state index contributed by atoms with van der Waals surface area (Å²) in [6.45, 7) is 10.2. The summed E-state index contributed by atoms with van der Waals surface area (Å²) in [7, 11) is 0. The average molecular weight is 558 g/mol. The number of likely N-dealkylation sites (tertiary alicyclic amines) is 1. The van der Waals surface area contributed by atoms with E-state index in [2.05, 4.69) is 44.5 Å². The minimum atomic E-state index is -1.24. The summed E-state index contributed by atoms with van der Waals surface area (Å²) in [5, 5.41) is 22.0. The van der Waals surface area contributed by atoms with Crippen molar-refractivity contribution in [1.29, 1.82) is 0 Å². The van der Waals surface area contributed by atoms with Gasteiger partial charge in [-0.3, -0.25) is 9.36 Å². The number of carbonyl (C=O) groups is 1. The zero-order valence-electron chi connectivity index (χ0n) is 23.3. The van der Waals surface area contributed by atoms with Gasteiger partial charge >= 0.3 is 0 Å². The largest absolute Gasteiger partial charge is 0.458 e. The van der Waals surface area contributed by atoms with Gasteiger partial charge in [0.1, 0.15) is 6.10 Å². The molecule has 0 bridgehead atoms. The highest BCUT2D eigenvalue weighted by Crippen LogP contribution is 2.41. The number of anilines is 2. The molecule has 14 heteroatoms. The molecular weight excluding hydrogens is 518 g/mol. The summed E-state index contributed by atoms with van der Waals surface area (Å²) in [5.74, 6) is 1.67. The molecule has 0 saturated carbocycles. The minimum Gasteiger partial charge on any atom is -0.458 e. The lowest BCUT2D eigenvalue weighted by molar-refractivity contribution is -0.140. The predicted octanol–water partition coefficient (Wildman–Crippen LogP) is 2.44. The number of ether oxygens (including phenoxy) is 2. The van der Waals surface area contributed by atoms with Crippen LogP contribution < -0.4 is 10.6 Å². The number of nitrogens with one attached hydrogen (secondary N) is 2. The van der Waals surface area contributed by atoms with Gasteiger partial charge in [0.15, 0.2) is 41.2 Å². The molecule has 2 fully saturated rings. The monoisotopic (exact) mass is 557 g/mol. The van der Waals surface area contributed by atoms with Gasteiger partial charge in [0.05, 0.1) is 6.33 Å². The number of hydrogen-bond acceptors (Lipinski definition) is 13. The molecule has 2 saturated heterocycles. The third kappa shape index (κ3) is 5.88. The van der Waals surface area contributed by atoms with Crippen LogP contribution in [0.5, 0.6) is 0 Å². The molecule has 40 heavy (non-hydrogen) atoms. The van der Waals surface area contributed by atoms with Gasteiger partial charge in [0, 0.05) is 25.6 Å². The first kappa shape index (κ1) is 28.2. The van der Waals surface area contributed by atoms with Crippen molar-refractivity contribution in [2.75, 3.05) is 36.8 Å². The van der Waals surface area contributed by atoms with Crippen LogP contribution in [0.15, 0.2) is 10.9 Å². The summed E-state index contributed by atoms with van der Waals surface area (Å²) >= 11 is 0. The van der Waals surface area contributed by atoms with Crippen molar-refractivity contribution in [3.8, 4) is 0 Å². The van der Waals surface area contributed by atoms with Crippen molar-refractivity contribution >= 4 is 29.4 Å². The van der Waals surface area contributed by atoms with E-state index < -0.39 is 24.5 Å². The van der Waals surface area contributed by atoms with Crippen LogP contribution in [0.25, 0.3) is 11.2 Å². The molecule has 0 aliphatic carbocycles. The maximum absolute atomic E-state index is 11.3. The van der Waals surface area contributed by atoms with E-state index in [0.29, 0.717) is 41.7 Å². The second-order valence-electron chi connectivity index (χ2n) is 10.2. The highest BCUT2D eigenvalue weighted by atomic mass is 16.6. The van der Waals surface area contributed by atoms with E-state index >= 15 is 0 Å². The Kier molecular flexibility index (Phi) is 9.07. The number of piperidine rings is 1. The van der Waals surface area contributed by atoms with Gasteiger partial charge in [-0.15, -0.1) is 0 Å². The molecule has 2 aliphatic rings. The van der Waals surface area contributed by atoms with Gasteiger partial charge < -0.3 is 34.6 Å². The number of aliphatic hydroxyl groups excluding tert-OH is 1. The van der Waals surface area contributed by atoms with Gasteiger partial charge in [-0.1, -0.05) is 32.3 Å². The van der Waals surface area contributed by atoms with E-state index in [0.717, 1.165) is 32.5 Å². The third-order valence-electron chi connectivity index (χ3n) is 7.65. The number of aryl methyl sites for hydroxylation is 1. The van der Waals surface area contributed by atoms with Crippen molar-refractivity contribution in [2.45, 2.75) is 89.9 Å². The second-order valence-corrected chi connectivity index (χ2v) is 10.2. The lowest BCUT2D eigenvalue weighted by Crippen LogP contribution is -2.34. The van der Waals surface area contributed by atoms with Gasteiger partial charge in [-0.2, -0.15) is 15.0 Å². The van der Waals surface area contributed by atoms with Crippen LogP contribution in [0.1, 0.15) is 76.9 Å². The zero-order valence-corrected chi connectivity index (χ0v) is 23.3. The molecule has 0 aromatic carbocycles. The van der Waals surface area contributed by atoms with Crippen LogP contribution >= 0.6 is 0 Å². The number of fused-ring (bicyclic) bond motifs is 1. The van der Waals surface area contributed by atoms with Crippen molar-refractivity contribution in [3.63, 3.8) is 0 Å². The summed E-state index contributed by atoms with van der Waals surface area (Å²) in [4.78, 5) is 32.2. The van der Waals surface area contributed by atoms with Gasteiger partial charge in [-0.25, -0.2) is 4.98 Å². The highest BCUT2D eigenvalue weighted by molar-refractivity contribution is 5.84. The summed E-state index contributed by atoms with van der Waals surface area (Å²) in [6, 6.07) is 0.206. The number of nitrogens with zero attached hydrogens (tertiary/aromatic N) is 7. The Hall–Kier alpha value is -3.36. The number of aromatic nitrogens is 6. The molecule has 0 spiro atoms. The molecule has 0 amide bonds. The minimum absolute atomic E-state index is 0.125. The van der Waals surface area contributed by atoms with E-state index in [9.17, 15) is 9.90 Å².